The second-order valence-electron chi connectivity index (χ2n) is 5.83. The minimum atomic E-state index is -0.391. The number of thiophene rings is 1. The van der Waals surface area contributed by atoms with E-state index in [1.165, 1.54) is 17.6 Å². The number of ether oxygens (including phenoxy) is 2. The molecule has 0 bridgehead atoms. The van der Waals surface area contributed by atoms with Crippen molar-refractivity contribution in [1.29, 1.82) is 0 Å². The number of nitrogens with one attached hydrogen (secondary N) is 1. The fourth-order valence-electron chi connectivity index (χ4n) is 2.17. The van der Waals surface area contributed by atoms with Crippen molar-refractivity contribution < 1.29 is 19.1 Å². The molecule has 2 aromatic carbocycles. The van der Waals surface area contributed by atoms with E-state index in [4.69, 9.17) is 9.47 Å². The van der Waals surface area contributed by atoms with Crippen LogP contribution >= 0.6 is 11.3 Å². The third-order valence-corrected chi connectivity index (χ3v) is 4.46. The van der Waals surface area contributed by atoms with Gasteiger partial charge in [0.15, 0.2) is 6.61 Å². The number of esters is 1. The lowest BCUT2D eigenvalue weighted by molar-refractivity contribution is -0.123. The van der Waals surface area contributed by atoms with Crippen LogP contribution in [-0.2, 0) is 4.79 Å². The third kappa shape index (κ3) is 5.78. The topological polar surface area (TPSA) is 77.0 Å². The molecule has 0 aliphatic heterocycles. The van der Waals surface area contributed by atoms with Crippen LogP contribution in [0, 0.1) is 6.92 Å². The molecule has 1 N–H and O–H groups in total. The van der Waals surface area contributed by atoms with E-state index < -0.39 is 5.97 Å². The molecule has 142 valence electrons. The van der Waals surface area contributed by atoms with Crippen molar-refractivity contribution in [3.8, 4) is 11.5 Å². The minimum Gasteiger partial charge on any atom is -0.484 e. The molecule has 0 atom stereocenters. The van der Waals surface area contributed by atoms with Crippen LogP contribution in [-0.4, -0.2) is 24.7 Å². The van der Waals surface area contributed by atoms with E-state index in [1.807, 2.05) is 24.4 Å². The molecule has 0 spiro atoms. The summed E-state index contributed by atoms with van der Waals surface area (Å²) in [6.45, 7) is 1.85. The number of carbonyl (C=O) groups is 2. The van der Waals surface area contributed by atoms with Gasteiger partial charge >= 0.3 is 5.97 Å². The van der Waals surface area contributed by atoms with Gasteiger partial charge in [-0.25, -0.2) is 10.2 Å². The predicted molar refractivity (Wildman–Crippen MR) is 108 cm³/mol. The molecule has 3 rings (SSSR count). The maximum Gasteiger partial charge on any atom is 0.353 e. The van der Waals surface area contributed by atoms with Crippen molar-refractivity contribution >= 4 is 29.4 Å². The van der Waals surface area contributed by atoms with E-state index in [9.17, 15) is 9.59 Å². The Kier molecular flexibility index (Phi) is 6.54. The molecule has 3 aromatic rings. The summed E-state index contributed by atoms with van der Waals surface area (Å²) < 4.78 is 10.7. The summed E-state index contributed by atoms with van der Waals surface area (Å²) in [6, 6.07) is 17.7. The van der Waals surface area contributed by atoms with Crippen molar-refractivity contribution in [2.24, 2.45) is 5.10 Å². The Morgan fingerprint density at radius 2 is 1.75 bits per heavy atom. The van der Waals surface area contributed by atoms with Gasteiger partial charge in [-0.15, -0.1) is 11.3 Å². The summed E-state index contributed by atoms with van der Waals surface area (Å²) in [5, 5.41) is 5.70. The quantitative estimate of drug-likeness (QED) is 0.286. The van der Waals surface area contributed by atoms with Crippen LogP contribution in [0.3, 0.4) is 0 Å². The van der Waals surface area contributed by atoms with Crippen molar-refractivity contribution in [1.82, 2.24) is 5.43 Å². The molecule has 28 heavy (non-hydrogen) atoms. The Morgan fingerprint density at radius 3 is 2.43 bits per heavy atom. The van der Waals surface area contributed by atoms with Gasteiger partial charge in [-0.2, -0.15) is 5.10 Å². The van der Waals surface area contributed by atoms with Crippen molar-refractivity contribution in [3.05, 3.63) is 82.0 Å². The highest BCUT2D eigenvalue weighted by atomic mass is 32.1. The van der Waals surface area contributed by atoms with Gasteiger partial charge < -0.3 is 9.47 Å². The van der Waals surface area contributed by atoms with E-state index in [2.05, 4.69) is 10.5 Å². The summed E-state index contributed by atoms with van der Waals surface area (Å²) in [7, 11) is 0. The summed E-state index contributed by atoms with van der Waals surface area (Å²) in [5.41, 5.74) is 4.26. The predicted octanol–water partition coefficient (Wildman–Crippen LogP) is 3.80. The summed E-state index contributed by atoms with van der Waals surface area (Å²) in [4.78, 5) is 24.2. The zero-order valence-electron chi connectivity index (χ0n) is 15.1. The lowest BCUT2D eigenvalue weighted by Crippen LogP contribution is -2.24. The van der Waals surface area contributed by atoms with E-state index in [0.29, 0.717) is 16.4 Å². The van der Waals surface area contributed by atoms with Crippen LogP contribution < -0.4 is 14.9 Å². The maximum atomic E-state index is 11.9. The number of nitrogens with zero attached hydrogens (tertiary/aromatic N) is 1. The van der Waals surface area contributed by atoms with Crippen molar-refractivity contribution in [3.63, 3.8) is 0 Å². The fraction of sp³-hybridized carbons (Fsp3) is 0.0952. The second kappa shape index (κ2) is 9.48. The van der Waals surface area contributed by atoms with Crippen LogP contribution in [0.15, 0.2) is 71.1 Å². The fourth-order valence-corrected chi connectivity index (χ4v) is 2.77. The Balaban J connectivity index is 1.44. The molecule has 6 nitrogen and oxygen atoms in total. The summed E-state index contributed by atoms with van der Waals surface area (Å²) in [6.07, 6.45) is 1.49. The van der Waals surface area contributed by atoms with Gasteiger partial charge in [0.05, 0.1) is 6.21 Å². The van der Waals surface area contributed by atoms with Gasteiger partial charge in [-0.3, -0.25) is 4.79 Å². The van der Waals surface area contributed by atoms with Gasteiger partial charge in [-0.1, -0.05) is 23.8 Å². The van der Waals surface area contributed by atoms with Gasteiger partial charge in [0, 0.05) is 0 Å². The highest BCUT2D eigenvalue weighted by molar-refractivity contribution is 7.12. The van der Waals surface area contributed by atoms with E-state index in [0.717, 1.165) is 11.1 Å². The van der Waals surface area contributed by atoms with Gasteiger partial charge in [0.2, 0.25) is 0 Å². The van der Waals surface area contributed by atoms with Gasteiger partial charge in [0.25, 0.3) is 5.91 Å². The normalized spacial score (nSPS) is 10.6. The molecule has 0 saturated carbocycles. The number of rotatable bonds is 7. The lowest BCUT2D eigenvalue weighted by atomic mass is 10.2. The highest BCUT2D eigenvalue weighted by Crippen LogP contribution is 2.16. The molecule has 7 heteroatoms. The summed E-state index contributed by atoms with van der Waals surface area (Å²) >= 11 is 1.32. The van der Waals surface area contributed by atoms with Crippen LogP contribution in [0.2, 0.25) is 0 Å². The number of hydrazone groups is 1. The van der Waals surface area contributed by atoms with E-state index in [1.54, 1.807) is 48.5 Å². The number of benzene rings is 2. The number of aryl methyl sites for hydroxylation is 1. The standard InChI is InChI=1S/C21H18N2O4S/c1-15-4-8-17(9-5-15)26-14-20(24)23-22-13-16-6-10-18(11-7-16)27-21(25)19-3-2-12-28-19/h2-13H,14H2,1H3,(H,23,24)/b22-13-. The largest absolute Gasteiger partial charge is 0.484 e. The Morgan fingerprint density at radius 1 is 1.04 bits per heavy atom. The van der Waals surface area contributed by atoms with Gasteiger partial charge in [-0.05, 0) is 60.3 Å². The number of carbonyl (C=O) groups excluding carboxylic acids is 2. The molecule has 1 aromatic heterocycles. The molecule has 0 radical (unpaired) electrons. The molecule has 1 amide bonds. The molecule has 0 unspecified atom stereocenters. The first kappa shape index (κ1) is 19.3. The first-order valence-electron chi connectivity index (χ1n) is 8.47. The van der Waals surface area contributed by atoms with Gasteiger partial charge in [0.1, 0.15) is 16.4 Å². The highest BCUT2D eigenvalue weighted by Gasteiger charge is 2.09. The number of hydrogen-bond donors (Lipinski definition) is 1. The molecule has 0 aliphatic rings. The number of amides is 1. The SMILES string of the molecule is Cc1ccc(OCC(=O)N/N=C\c2ccc(OC(=O)c3cccs3)cc2)cc1. The van der Waals surface area contributed by atoms with Crippen LogP contribution in [0.5, 0.6) is 11.5 Å². The molecular weight excluding hydrogens is 376 g/mol. The average molecular weight is 394 g/mol. The minimum absolute atomic E-state index is 0.127. The van der Waals surface area contributed by atoms with E-state index >= 15 is 0 Å². The zero-order valence-corrected chi connectivity index (χ0v) is 15.9. The maximum absolute atomic E-state index is 11.9. The molecule has 1 heterocycles. The van der Waals surface area contributed by atoms with E-state index in [-0.39, 0.29) is 12.5 Å². The molecule has 0 fully saturated rings. The Labute approximate surface area is 166 Å². The first-order chi connectivity index (χ1) is 13.6. The second-order valence-corrected chi connectivity index (χ2v) is 6.78. The number of hydrogen-bond acceptors (Lipinski definition) is 6. The monoisotopic (exact) mass is 394 g/mol. The molecular formula is C21H18N2O4S. The summed E-state index contributed by atoms with van der Waals surface area (Å²) in [5.74, 6) is 0.305. The zero-order chi connectivity index (χ0) is 19.8. The Hall–Kier alpha value is -3.45. The first-order valence-corrected chi connectivity index (χ1v) is 9.35. The molecule has 0 saturated heterocycles. The van der Waals surface area contributed by atoms with Crippen molar-refractivity contribution in [2.75, 3.05) is 6.61 Å². The average Bonchev–Trinajstić information content (AvgIpc) is 3.24. The van der Waals surface area contributed by atoms with Crippen molar-refractivity contribution in [2.45, 2.75) is 6.92 Å². The molecule has 0 aliphatic carbocycles. The van der Waals surface area contributed by atoms with Crippen LogP contribution in [0.1, 0.15) is 20.8 Å². The third-order valence-electron chi connectivity index (χ3n) is 3.61. The van der Waals surface area contributed by atoms with Crippen LogP contribution in [0.4, 0.5) is 0 Å². The lowest BCUT2D eigenvalue weighted by Gasteiger charge is -2.05. The Bertz CT molecular complexity index is 949. The van der Waals surface area contributed by atoms with Crippen LogP contribution in [0.25, 0.3) is 0 Å². The smallest absolute Gasteiger partial charge is 0.353 e.